The molecule has 156 valence electrons. The van der Waals surface area contributed by atoms with Gasteiger partial charge >= 0.3 is 6.18 Å². The number of ether oxygens (including phenoxy) is 1. The van der Waals surface area contributed by atoms with Crippen molar-refractivity contribution in [2.75, 3.05) is 19.7 Å². The Hall–Kier alpha value is -2.32. The number of alkyl halides is 3. The summed E-state index contributed by atoms with van der Waals surface area (Å²) >= 11 is 0. The van der Waals surface area contributed by atoms with Gasteiger partial charge in [-0.15, -0.1) is 0 Å². The normalized spacial score (nSPS) is 16.8. The smallest absolute Gasteiger partial charge is 0.422 e. The molecule has 1 aliphatic heterocycles. The highest BCUT2D eigenvalue weighted by Crippen LogP contribution is 2.21. The van der Waals surface area contributed by atoms with E-state index in [2.05, 4.69) is 15.0 Å². The molecule has 1 aliphatic rings. The van der Waals surface area contributed by atoms with Crippen LogP contribution in [0.15, 0.2) is 18.3 Å². The van der Waals surface area contributed by atoms with Crippen molar-refractivity contribution in [3.8, 4) is 5.88 Å². The monoisotopic (exact) mass is 401 g/mol. The van der Waals surface area contributed by atoms with E-state index in [9.17, 15) is 22.8 Å². The third kappa shape index (κ3) is 6.38. The van der Waals surface area contributed by atoms with Crippen molar-refractivity contribution in [2.45, 2.75) is 45.8 Å². The third-order valence-electron chi connectivity index (χ3n) is 4.89. The summed E-state index contributed by atoms with van der Waals surface area (Å²) in [6.45, 7) is 5.51. The van der Waals surface area contributed by atoms with E-state index >= 15 is 0 Å². The largest absolute Gasteiger partial charge is 0.468 e. The van der Waals surface area contributed by atoms with Gasteiger partial charge in [-0.3, -0.25) is 9.59 Å². The molecule has 2 heterocycles. The lowest BCUT2D eigenvalue weighted by Crippen LogP contribution is -2.45. The topological polar surface area (TPSA) is 71.5 Å². The molecule has 1 aromatic rings. The first-order valence-corrected chi connectivity index (χ1v) is 9.32. The van der Waals surface area contributed by atoms with Gasteiger partial charge < -0.3 is 15.0 Å². The van der Waals surface area contributed by atoms with E-state index in [1.807, 2.05) is 20.8 Å². The van der Waals surface area contributed by atoms with Crippen molar-refractivity contribution in [1.29, 1.82) is 0 Å². The van der Waals surface area contributed by atoms with Crippen LogP contribution in [0.2, 0.25) is 0 Å². The second-order valence-electron chi connectivity index (χ2n) is 7.40. The molecule has 6 nitrogen and oxygen atoms in total. The van der Waals surface area contributed by atoms with Crippen LogP contribution >= 0.6 is 0 Å². The number of hydrogen-bond donors (Lipinski definition) is 1. The summed E-state index contributed by atoms with van der Waals surface area (Å²) in [4.78, 5) is 30.2. The molecule has 0 spiro atoms. The fourth-order valence-corrected chi connectivity index (χ4v) is 2.78. The maximum atomic E-state index is 12.5. The maximum absolute atomic E-state index is 12.5. The summed E-state index contributed by atoms with van der Waals surface area (Å²) < 4.78 is 41.0. The van der Waals surface area contributed by atoms with Gasteiger partial charge in [-0.2, -0.15) is 13.2 Å². The zero-order valence-electron chi connectivity index (χ0n) is 16.3. The molecule has 1 atom stereocenters. The Morgan fingerprint density at radius 2 is 1.89 bits per heavy atom. The summed E-state index contributed by atoms with van der Waals surface area (Å²) in [6.07, 6.45) is -2.10. The summed E-state index contributed by atoms with van der Waals surface area (Å²) in [5.41, 5.74) is 0.274. The number of aromatic nitrogens is 1. The Morgan fingerprint density at radius 3 is 2.39 bits per heavy atom. The van der Waals surface area contributed by atoms with Gasteiger partial charge in [0.2, 0.25) is 11.8 Å². The van der Waals surface area contributed by atoms with E-state index in [-0.39, 0.29) is 35.2 Å². The molecule has 2 rings (SSSR count). The molecule has 1 saturated heterocycles. The van der Waals surface area contributed by atoms with Gasteiger partial charge in [-0.25, -0.2) is 4.98 Å². The number of piperidine rings is 1. The van der Waals surface area contributed by atoms with Crippen LogP contribution in [0.3, 0.4) is 0 Å². The minimum absolute atomic E-state index is 0.0149. The predicted molar refractivity (Wildman–Crippen MR) is 96.9 cm³/mol. The molecule has 0 bridgehead atoms. The standard InChI is InChI=1S/C19H26F3N3O3/c1-12(2)13(3)24-17(26)14-6-8-25(9-7-14)18(27)15-4-5-16(23-10-15)28-11-19(20,21)22/h4-5,10,12-14H,6-9,11H2,1-3H3,(H,24,26). The first-order chi connectivity index (χ1) is 13.1. The summed E-state index contributed by atoms with van der Waals surface area (Å²) in [5.74, 6) is -0.211. The maximum Gasteiger partial charge on any atom is 0.422 e. The Kier molecular flexibility index (Phi) is 7.26. The lowest BCUT2D eigenvalue weighted by atomic mass is 9.94. The van der Waals surface area contributed by atoms with Gasteiger partial charge in [0.1, 0.15) is 0 Å². The quantitative estimate of drug-likeness (QED) is 0.795. The van der Waals surface area contributed by atoms with Crippen LogP contribution < -0.4 is 10.1 Å². The number of pyridine rings is 1. The van der Waals surface area contributed by atoms with Crippen molar-refractivity contribution >= 4 is 11.8 Å². The van der Waals surface area contributed by atoms with Gasteiger partial charge in [0, 0.05) is 37.3 Å². The number of carbonyl (C=O) groups is 2. The molecular formula is C19H26F3N3O3. The molecule has 1 N–H and O–H groups in total. The highest BCUT2D eigenvalue weighted by atomic mass is 19.4. The molecule has 1 fully saturated rings. The van der Waals surface area contributed by atoms with Crippen LogP contribution in [-0.4, -0.2) is 53.6 Å². The summed E-state index contributed by atoms with van der Waals surface area (Å²) in [6, 6.07) is 2.73. The fourth-order valence-electron chi connectivity index (χ4n) is 2.78. The van der Waals surface area contributed by atoms with E-state index in [1.54, 1.807) is 4.90 Å². The Balaban J connectivity index is 1.85. The van der Waals surface area contributed by atoms with E-state index in [0.29, 0.717) is 31.8 Å². The second kappa shape index (κ2) is 9.25. The first kappa shape index (κ1) is 22.0. The van der Waals surface area contributed by atoms with Crippen LogP contribution in [0.5, 0.6) is 5.88 Å². The number of rotatable bonds is 6. The van der Waals surface area contributed by atoms with Crippen LogP contribution in [0, 0.1) is 11.8 Å². The number of hydrogen-bond acceptors (Lipinski definition) is 4. The zero-order chi connectivity index (χ0) is 20.9. The van der Waals surface area contributed by atoms with E-state index < -0.39 is 12.8 Å². The van der Waals surface area contributed by atoms with Gasteiger partial charge in [0.25, 0.3) is 5.91 Å². The molecule has 1 aromatic heterocycles. The molecule has 0 aromatic carbocycles. The zero-order valence-corrected chi connectivity index (χ0v) is 16.3. The van der Waals surface area contributed by atoms with Gasteiger partial charge in [0.05, 0.1) is 5.56 Å². The number of halogens is 3. The Labute approximate surface area is 162 Å². The van der Waals surface area contributed by atoms with Crippen LogP contribution in [-0.2, 0) is 4.79 Å². The van der Waals surface area contributed by atoms with E-state index in [4.69, 9.17) is 0 Å². The SMILES string of the molecule is CC(C)C(C)NC(=O)C1CCN(C(=O)c2ccc(OCC(F)(F)F)nc2)CC1. The van der Waals surface area contributed by atoms with Crippen molar-refractivity contribution in [2.24, 2.45) is 11.8 Å². The molecule has 28 heavy (non-hydrogen) atoms. The summed E-state index contributed by atoms with van der Waals surface area (Å²) in [5, 5.41) is 3.01. The Bertz CT molecular complexity index is 669. The third-order valence-corrected chi connectivity index (χ3v) is 4.89. The number of carbonyl (C=O) groups excluding carboxylic acids is 2. The van der Waals surface area contributed by atoms with Crippen molar-refractivity contribution < 1.29 is 27.5 Å². The summed E-state index contributed by atoms with van der Waals surface area (Å²) in [7, 11) is 0. The number of likely N-dealkylation sites (tertiary alicyclic amines) is 1. The predicted octanol–water partition coefficient (Wildman–Crippen LogP) is 3.04. The van der Waals surface area contributed by atoms with Crippen LogP contribution in [0.1, 0.15) is 44.0 Å². The van der Waals surface area contributed by atoms with E-state index in [0.717, 1.165) is 0 Å². The molecule has 0 radical (unpaired) electrons. The number of amides is 2. The number of nitrogens with zero attached hydrogens (tertiary/aromatic N) is 2. The minimum Gasteiger partial charge on any atom is -0.468 e. The number of nitrogens with one attached hydrogen (secondary N) is 1. The lowest BCUT2D eigenvalue weighted by molar-refractivity contribution is -0.154. The van der Waals surface area contributed by atoms with Crippen molar-refractivity contribution in [1.82, 2.24) is 15.2 Å². The van der Waals surface area contributed by atoms with Crippen molar-refractivity contribution in [3.05, 3.63) is 23.9 Å². The molecule has 0 saturated carbocycles. The highest BCUT2D eigenvalue weighted by Gasteiger charge is 2.30. The molecule has 9 heteroatoms. The first-order valence-electron chi connectivity index (χ1n) is 9.32. The molecular weight excluding hydrogens is 375 g/mol. The minimum atomic E-state index is -4.44. The fraction of sp³-hybridized carbons (Fsp3) is 0.632. The Morgan fingerprint density at radius 1 is 1.25 bits per heavy atom. The molecule has 0 aliphatic carbocycles. The van der Waals surface area contributed by atoms with Crippen LogP contribution in [0.25, 0.3) is 0 Å². The second-order valence-corrected chi connectivity index (χ2v) is 7.40. The van der Waals surface area contributed by atoms with Crippen molar-refractivity contribution in [3.63, 3.8) is 0 Å². The van der Waals surface area contributed by atoms with Gasteiger partial charge in [0.15, 0.2) is 6.61 Å². The average Bonchev–Trinajstić information content (AvgIpc) is 2.65. The molecule has 1 unspecified atom stereocenters. The average molecular weight is 401 g/mol. The van der Waals surface area contributed by atoms with E-state index in [1.165, 1.54) is 18.3 Å². The van der Waals surface area contributed by atoms with Gasteiger partial charge in [-0.05, 0) is 31.7 Å². The highest BCUT2D eigenvalue weighted by molar-refractivity contribution is 5.94. The lowest BCUT2D eigenvalue weighted by Gasteiger charge is -2.32. The molecule has 2 amide bonds. The van der Waals surface area contributed by atoms with Crippen LogP contribution in [0.4, 0.5) is 13.2 Å². The van der Waals surface area contributed by atoms with Gasteiger partial charge in [-0.1, -0.05) is 13.8 Å².